The average molecular weight is 345 g/mol. The quantitative estimate of drug-likeness (QED) is 0.862. The van der Waals surface area contributed by atoms with Crippen LogP contribution in [0.15, 0.2) is 30.3 Å². The zero-order valence-electron chi connectivity index (χ0n) is 15.3. The highest BCUT2D eigenvalue weighted by atomic mass is 16.5. The van der Waals surface area contributed by atoms with Crippen LogP contribution >= 0.6 is 0 Å². The molecule has 25 heavy (non-hydrogen) atoms. The molecule has 2 aliphatic heterocycles. The van der Waals surface area contributed by atoms with E-state index in [1.54, 1.807) is 4.90 Å². The van der Waals surface area contributed by atoms with E-state index < -0.39 is 0 Å². The van der Waals surface area contributed by atoms with Crippen LogP contribution in [-0.4, -0.2) is 61.8 Å². The van der Waals surface area contributed by atoms with Gasteiger partial charge in [0.2, 0.25) is 0 Å². The second-order valence-corrected chi connectivity index (χ2v) is 7.43. The molecule has 1 aromatic carbocycles. The molecule has 138 valence electrons. The summed E-state index contributed by atoms with van der Waals surface area (Å²) in [6.45, 7) is 5.50. The van der Waals surface area contributed by atoms with Gasteiger partial charge < -0.3 is 15.0 Å². The Labute approximate surface area is 151 Å². The lowest BCUT2D eigenvalue weighted by Gasteiger charge is -2.33. The van der Waals surface area contributed by atoms with Gasteiger partial charge in [-0.05, 0) is 43.7 Å². The van der Waals surface area contributed by atoms with Gasteiger partial charge in [0.25, 0.3) is 0 Å². The Bertz CT molecular complexity index is 531. The molecule has 1 aromatic rings. The van der Waals surface area contributed by atoms with Gasteiger partial charge in [-0.25, -0.2) is 4.79 Å². The Kier molecular flexibility index (Phi) is 6.70. The Morgan fingerprint density at radius 1 is 1.28 bits per heavy atom. The van der Waals surface area contributed by atoms with E-state index in [-0.39, 0.29) is 12.1 Å². The topological polar surface area (TPSA) is 44.8 Å². The van der Waals surface area contributed by atoms with Crippen molar-refractivity contribution in [2.75, 3.05) is 39.8 Å². The molecule has 0 spiro atoms. The monoisotopic (exact) mass is 345 g/mol. The second-order valence-electron chi connectivity index (χ2n) is 7.43. The molecule has 3 rings (SSSR count). The minimum Gasteiger partial charge on any atom is -0.376 e. The van der Waals surface area contributed by atoms with Crippen LogP contribution in [0.2, 0.25) is 0 Å². The number of rotatable bonds is 6. The van der Waals surface area contributed by atoms with Crippen molar-refractivity contribution < 1.29 is 9.53 Å². The van der Waals surface area contributed by atoms with Gasteiger partial charge in [0, 0.05) is 39.8 Å². The summed E-state index contributed by atoms with van der Waals surface area (Å²) in [5.74, 6) is 0.539. The van der Waals surface area contributed by atoms with Crippen LogP contribution in [0.1, 0.15) is 31.2 Å². The maximum absolute atomic E-state index is 12.3. The van der Waals surface area contributed by atoms with Crippen molar-refractivity contribution >= 4 is 6.03 Å². The number of piperidine rings is 1. The van der Waals surface area contributed by atoms with Crippen molar-refractivity contribution in [3.63, 3.8) is 0 Å². The first-order valence-electron chi connectivity index (χ1n) is 9.57. The van der Waals surface area contributed by atoms with Crippen LogP contribution < -0.4 is 5.32 Å². The van der Waals surface area contributed by atoms with Crippen LogP contribution in [0.25, 0.3) is 0 Å². The highest BCUT2D eigenvalue weighted by Gasteiger charge is 2.23. The molecule has 2 amide bonds. The molecule has 2 aliphatic rings. The number of likely N-dealkylation sites (tertiary alicyclic amines) is 1. The molecule has 0 unspecified atom stereocenters. The first-order valence-corrected chi connectivity index (χ1v) is 9.57. The Morgan fingerprint density at radius 3 is 2.88 bits per heavy atom. The van der Waals surface area contributed by atoms with Crippen molar-refractivity contribution in [1.29, 1.82) is 0 Å². The number of likely N-dealkylation sites (N-methyl/N-ethyl adjacent to an activating group) is 1. The third kappa shape index (κ3) is 5.72. The third-order valence-electron chi connectivity index (χ3n) is 5.24. The van der Waals surface area contributed by atoms with Gasteiger partial charge in [-0.1, -0.05) is 30.3 Å². The van der Waals surface area contributed by atoms with E-state index in [1.165, 1.54) is 18.4 Å². The molecule has 2 atom stereocenters. The SMILES string of the molecule is CN(C[C@H]1CCCO1)C(=O)NC[C@H]1CCCN(Cc2ccccc2)C1. The molecule has 0 radical (unpaired) electrons. The highest BCUT2D eigenvalue weighted by Crippen LogP contribution is 2.18. The fraction of sp³-hybridized carbons (Fsp3) is 0.650. The predicted octanol–water partition coefficient (Wildman–Crippen LogP) is 2.72. The Morgan fingerprint density at radius 2 is 2.12 bits per heavy atom. The van der Waals surface area contributed by atoms with Gasteiger partial charge in [0.1, 0.15) is 0 Å². The Hall–Kier alpha value is -1.59. The van der Waals surface area contributed by atoms with E-state index >= 15 is 0 Å². The molecule has 2 saturated heterocycles. The summed E-state index contributed by atoms with van der Waals surface area (Å²) in [7, 11) is 1.86. The number of amides is 2. The highest BCUT2D eigenvalue weighted by molar-refractivity contribution is 5.73. The van der Waals surface area contributed by atoms with Crippen LogP contribution in [0.3, 0.4) is 0 Å². The van der Waals surface area contributed by atoms with Crippen LogP contribution in [0.5, 0.6) is 0 Å². The molecule has 1 N–H and O–H groups in total. The number of urea groups is 1. The van der Waals surface area contributed by atoms with Crippen molar-refractivity contribution in [2.45, 2.75) is 38.3 Å². The average Bonchev–Trinajstić information content (AvgIpc) is 3.14. The number of nitrogens with one attached hydrogen (secondary N) is 1. The zero-order chi connectivity index (χ0) is 17.5. The standard InChI is InChI=1S/C20H31N3O2/c1-22(16-19-10-6-12-25-19)20(24)21-13-18-9-5-11-23(15-18)14-17-7-3-2-4-8-17/h2-4,7-8,18-19H,5-6,9-16H2,1H3,(H,21,24)/t18-,19-/m1/s1. The lowest BCUT2D eigenvalue weighted by Crippen LogP contribution is -2.45. The third-order valence-corrected chi connectivity index (χ3v) is 5.24. The van der Waals surface area contributed by atoms with E-state index in [1.807, 2.05) is 7.05 Å². The molecular weight excluding hydrogens is 314 g/mol. The van der Waals surface area contributed by atoms with Gasteiger partial charge in [0.15, 0.2) is 0 Å². The summed E-state index contributed by atoms with van der Waals surface area (Å²) in [4.78, 5) is 16.6. The van der Waals surface area contributed by atoms with E-state index in [4.69, 9.17) is 4.74 Å². The molecule has 0 aliphatic carbocycles. The minimum absolute atomic E-state index is 0.0238. The largest absolute Gasteiger partial charge is 0.376 e. The summed E-state index contributed by atoms with van der Waals surface area (Å²) in [5.41, 5.74) is 1.36. The van der Waals surface area contributed by atoms with Gasteiger partial charge in [-0.2, -0.15) is 0 Å². The molecule has 2 fully saturated rings. The van der Waals surface area contributed by atoms with E-state index in [2.05, 4.69) is 40.5 Å². The van der Waals surface area contributed by atoms with Crippen LogP contribution in [0, 0.1) is 5.92 Å². The first-order chi connectivity index (χ1) is 12.2. The lowest BCUT2D eigenvalue weighted by molar-refractivity contribution is 0.0868. The van der Waals surface area contributed by atoms with Gasteiger partial charge in [0.05, 0.1) is 6.10 Å². The fourth-order valence-electron chi connectivity index (χ4n) is 3.85. The summed E-state index contributed by atoms with van der Waals surface area (Å²) >= 11 is 0. The second kappa shape index (κ2) is 9.20. The Balaban J connectivity index is 1.39. The molecule has 5 heteroatoms. The van der Waals surface area contributed by atoms with Crippen molar-refractivity contribution in [3.05, 3.63) is 35.9 Å². The maximum atomic E-state index is 12.3. The van der Waals surface area contributed by atoms with E-state index in [0.29, 0.717) is 12.5 Å². The molecule has 2 heterocycles. The summed E-state index contributed by atoms with van der Waals surface area (Å²) in [5, 5.41) is 3.12. The lowest BCUT2D eigenvalue weighted by atomic mass is 9.97. The van der Waals surface area contributed by atoms with Gasteiger partial charge in [-0.3, -0.25) is 4.90 Å². The molecule has 0 aromatic heterocycles. The zero-order valence-corrected chi connectivity index (χ0v) is 15.3. The smallest absolute Gasteiger partial charge is 0.317 e. The van der Waals surface area contributed by atoms with Gasteiger partial charge >= 0.3 is 6.03 Å². The molecule has 0 saturated carbocycles. The van der Waals surface area contributed by atoms with Crippen molar-refractivity contribution in [3.8, 4) is 0 Å². The fourth-order valence-corrected chi connectivity index (χ4v) is 3.85. The maximum Gasteiger partial charge on any atom is 0.317 e. The van der Waals surface area contributed by atoms with Crippen LogP contribution in [0.4, 0.5) is 4.79 Å². The number of ether oxygens (including phenoxy) is 1. The number of hydrogen-bond donors (Lipinski definition) is 1. The van der Waals surface area contributed by atoms with Crippen LogP contribution in [-0.2, 0) is 11.3 Å². The number of benzene rings is 1. The number of nitrogens with zero attached hydrogens (tertiary/aromatic N) is 2. The summed E-state index contributed by atoms with van der Waals surface area (Å²) in [6, 6.07) is 10.7. The van der Waals surface area contributed by atoms with Crippen molar-refractivity contribution in [1.82, 2.24) is 15.1 Å². The predicted molar refractivity (Wildman–Crippen MR) is 99.4 cm³/mol. The molecule has 5 nitrogen and oxygen atoms in total. The molecular formula is C20H31N3O2. The van der Waals surface area contributed by atoms with Crippen molar-refractivity contribution in [2.24, 2.45) is 5.92 Å². The normalized spacial score (nSPS) is 24.2. The number of hydrogen-bond acceptors (Lipinski definition) is 3. The van der Waals surface area contributed by atoms with Gasteiger partial charge in [-0.15, -0.1) is 0 Å². The summed E-state index contributed by atoms with van der Waals surface area (Å²) < 4.78 is 5.61. The first kappa shape index (κ1) is 18.2. The summed E-state index contributed by atoms with van der Waals surface area (Å²) in [6.07, 6.45) is 4.79. The van der Waals surface area contributed by atoms with E-state index in [0.717, 1.165) is 45.6 Å². The minimum atomic E-state index is 0.0238. The number of carbonyl (C=O) groups excluding carboxylic acids is 1. The molecule has 0 bridgehead atoms. The van der Waals surface area contributed by atoms with E-state index in [9.17, 15) is 4.79 Å². The number of carbonyl (C=O) groups is 1.